The van der Waals surface area contributed by atoms with Crippen LogP contribution >= 0.6 is 23.2 Å². The van der Waals surface area contributed by atoms with Gasteiger partial charge in [0.05, 0.1) is 0 Å². The van der Waals surface area contributed by atoms with Crippen molar-refractivity contribution in [3.8, 4) is 6.07 Å². The number of halogens is 2. The van der Waals surface area contributed by atoms with Gasteiger partial charge in [-0.05, 0) is 23.8 Å². The number of carbonyl (C=O) groups is 1. The number of rotatable bonds is 3. The van der Waals surface area contributed by atoms with Gasteiger partial charge in [0.2, 0.25) is 5.78 Å². The monoisotopic (exact) mass is 378 g/mol. The predicted octanol–water partition coefficient (Wildman–Crippen LogP) is 1.76. The van der Waals surface area contributed by atoms with Gasteiger partial charge in [0.1, 0.15) is 23.0 Å². The molecule has 1 aromatic heterocycles. The molecule has 0 bridgehead atoms. The zero-order valence-corrected chi connectivity index (χ0v) is 14.7. The molecule has 0 spiro atoms. The number of nitrogens with zero attached hydrogens (tertiary/aromatic N) is 3. The Morgan fingerprint density at radius 1 is 1.24 bits per heavy atom. The second kappa shape index (κ2) is 6.97. The van der Waals surface area contributed by atoms with Crippen molar-refractivity contribution >= 4 is 40.9 Å². The molecule has 2 aromatic rings. The third-order valence-electron chi connectivity index (χ3n) is 3.56. The molecular formula is C16H12Cl2N4O3. The molecule has 0 aliphatic heterocycles. The van der Waals surface area contributed by atoms with Crippen molar-refractivity contribution in [1.82, 2.24) is 9.13 Å². The van der Waals surface area contributed by atoms with E-state index >= 15 is 0 Å². The standard InChI is InChI=1S/C16H12Cl2N4O3/c1-21-14(20)12(15(24)22(2)16(21)25)13(23)9(7-19)5-8-3-4-10(17)6-11(8)18/h3-6H,20H2,1-2H3/b9-5+. The van der Waals surface area contributed by atoms with E-state index in [1.807, 2.05) is 0 Å². The highest BCUT2D eigenvalue weighted by Crippen LogP contribution is 2.24. The molecule has 0 unspecified atom stereocenters. The van der Waals surface area contributed by atoms with Crippen LogP contribution in [0, 0.1) is 11.3 Å². The molecule has 25 heavy (non-hydrogen) atoms. The fourth-order valence-corrected chi connectivity index (χ4v) is 2.59. The maximum absolute atomic E-state index is 12.6. The van der Waals surface area contributed by atoms with Gasteiger partial charge >= 0.3 is 5.69 Å². The fourth-order valence-electron chi connectivity index (χ4n) is 2.13. The van der Waals surface area contributed by atoms with Gasteiger partial charge in [-0.1, -0.05) is 29.3 Å². The average molecular weight is 379 g/mol. The van der Waals surface area contributed by atoms with Crippen molar-refractivity contribution in [3.05, 3.63) is 65.8 Å². The molecular weight excluding hydrogens is 367 g/mol. The molecule has 0 aliphatic rings. The van der Waals surface area contributed by atoms with E-state index in [4.69, 9.17) is 28.9 Å². The van der Waals surface area contributed by atoms with Crippen LogP contribution in [0.3, 0.4) is 0 Å². The molecule has 0 saturated heterocycles. The molecule has 9 heteroatoms. The minimum absolute atomic E-state index is 0.231. The van der Waals surface area contributed by atoms with Gasteiger partial charge in [-0.25, -0.2) is 4.79 Å². The zero-order chi connectivity index (χ0) is 18.9. The van der Waals surface area contributed by atoms with Gasteiger partial charge in [-0.3, -0.25) is 18.7 Å². The van der Waals surface area contributed by atoms with Crippen molar-refractivity contribution in [2.24, 2.45) is 14.1 Å². The fraction of sp³-hybridized carbons (Fsp3) is 0.125. The molecule has 0 saturated carbocycles. The second-order valence-electron chi connectivity index (χ2n) is 5.13. The van der Waals surface area contributed by atoms with Crippen LogP contribution in [0.2, 0.25) is 10.0 Å². The molecule has 1 aromatic carbocycles. The summed E-state index contributed by atoms with van der Waals surface area (Å²) in [7, 11) is 2.53. The number of Topliss-reactive ketones (excluding diaryl/α,β-unsaturated/α-hetero) is 1. The summed E-state index contributed by atoms with van der Waals surface area (Å²) in [4.78, 5) is 36.7. The van der Waals surface area contributed by atoms with Crippen molar-refractivity contribution < 1.29 is 4.79 Å². The largest absolute Gasteiger partial charge is 0.384 e. The number of nitrogens with two attached hydrogens (primary N) is 1. The van der Waals surface area contributed by atoms with E-state index in [0.717, 1.165) is 9.13 Å². The van der Waals surface area contributed by atoms with E-state index in [-0.39, 0.29) is 16.4 Å². The number of nitriles is 1. The Morgan fingerprint density at radius 2 is 1.88 bits per heavy atom. The summed E-state index contributed by atoms with van der Waals surface area (Å²) >= 11 is 11.8. The maximum atomic E-state index is 12.6. The molecule has 7 nitrogen and oxygen atoms in total. The quantitative estimate of drug-likeness (QED) is 0.496. The molecule has 128 valence electrons. The van der Waals surface area contributed by atoms with E-state index in [1.165, 1.54) is 32.3 Å². The number of hydrogen-bond acceptors (Lipinski definition) is 5. The molecule has 0 amide bonds. The van der Waals surface area contributed by atoms with Crippen LogP contribution in [-0.2, 0) is 14.1 Å². The van der Waals surface area contributed by atoms with Crippen LogP contribution in [0.5, 0.6) is 0 Å². The number of anilines is 1. The van der Waals surface area contributed by atoms with E-state index < -0.39 is 22.6 Å². The number of hydrogen-bond donors (Lipinski definition) is 1. The van der Waals surface area contributed by atoms with Gasteiger partial charge in [0.15, 0.2) is 0 Å². The summed E-state index contributed by atoms with van der Waals surface area (Å²) in [6.07, 6.45) is 1.23. The Hall–Kier alpha value is -2.82. The Bertz CT molecular complexity index is 1070. The van der Waals surface area contributed by atoms with Crippen LogP contribution in [-0.4, -0.2) is 14.9 Å². The van der Waals surface area contributed by atoms with E-state index in [2.05, 4.69) is 0 Å². The normalized spacial score (nSPS) is 11.2. The second-order valence-corrected chi connectivity index (χ2v) is 5.97. The summed E-state index contributed by atoms with van der Waals surface area (Å²) in [5, 5.41) is 9.94. The first-order chi connectivity index (χ1) is 11.7. The number of benzene rings is 1. The first-order valence-electron chi connectivity index (χ1n) is 6.86. The molecule has 0 atom stereocenters. The van der Waals surface area contributed by atoms with E-state index in [9.17, 15) is 19.6 Å². The predicted molar refractivity (Wildman–Crippen MR) is 95.7 cm³/mol. The number of ketones is 1. The van der Waals surface area contributed by atoms with Gasteiger partial charge < -0.3 is 5.73 Å². The number of allylic oxidation sites excluding steroid dienone is 1. The Balaban J connectivity index is 2.67. The minimum atomic E-state index is -0.901. The van der Waals surface area contributed by atoms with Crippen LogP contribution in [0.15, 0.2) is 33.4 Å². The number of carbonyl (C=O) groups excluding carboxylic acids is 1. The lowest BCUT2D eigenvalue weighted by Gasteiger charge is -2.10. The smallest absolute Gasteiger partial charge is 0.332 e. The van der Waals surface area contributed by atoms with Gasteiger partial charge in [-0.2, -0.15) is 5.26 Å². The van der Waals surface area contributed by atoms with Gasteiger partial charge in [-0.15, -0.1) is 0 Å². The summed E-state index contributed by atoms with van der Waals surface area (Å²) < 4.78 is 1.70. The van der Waals surface area contributed by atoms with Crippen molar-refractivity contribution in [1.29, 1.82) is 5.26 Å². The Kier molecular flexibility index (Phi) is 5.16. The van der Waals surface area contributed by atoms with Crippen molar-refractivity contribution in [3.63, 3.8) is 0 Å². The van der Waals surface area contributed by atoms with Crippen LogP contribution in [0.4, 0.5) is 5.82 Å². The summed E-state index contributed by atoms with van der Waals surface area (Å²) in [5.41, 5.74) is 3.74. The SMILES string of the molecule is Cn1c(N)c(C(=O)/C(C#N)=C/c2ccc(Cl)cc2Cl)c(=O)n(C)c1=O. The lowest BCUT2D eigenvalue weighted by atomic mass is 10.0. The van der Waals surface area contributed by atoms with E-state index in [1.54, 1.807) is 12.1 Å². The maximum Gasteiger partial charge on any atom is 0.332 e. The molecule has 0 radical (unpaired) electrons. The highest BCUT2D eigenvalue weighted by molar-refractivity contribution is 6.35. The summed E-state index contributed by atoms with van der Waals surface area (Å²) in [5.74, 6) is -1.22. The lowest BCUT2D eigenvalue weighted by Crippen LogP contribution is -2.41. The van der Waals surface area contributed by atoms with Crippen LogP contribution in [0.25, 0.3) is 6.08 Å². The molecule has 1 heterocycles. The molecule has 0 aliphatic carbocycles. The van der Waals surface area contributed by atoms with Gasteiger partial charge in [0, 0.05) is 24.1 Å². The summed E-state index contributed by atoms with van der Waals surface area (Å²) in [6, 6.07) is 6.25. The highest BCUT2D eigenvalue weighted by Gasteiger charge is 2.23. The van der Waals surface area contributed by atoms with E-state index in [0.29, 0.717) is 10.6 Å². The van der Waals surface area contributed by atoms with Gasteiger partial charge in [0.25, 0.3) is 5.56 Å². The lowest BCUT2D eigenvalue weighted by molar-refractivity contribution is 0.103. The third kappa shape index (κ3) is 3.36. The topological polar surface area (TPSA) is 111 Å². The van der Waals surface area contributed by atoms with Crippen molar-refractivity contribution in [2.45, 2.75) is 0 Å². The third-order valence-corrected chi connectivity index (χ3v) is 4.13. The highest BCUT2D eigenvalue weighted by atomic mass is 35.5. The van der Waals surface area contributed by atoms with Crippen LogP contribution < -0.4 is 17.0 Å². The number of aromatic nitrogens is 2. The first kappa shape index (κ1) is 18.5. The Labute approximate surface area is 152 Å². The minimum Gasteiger partial charge on any atom is -0.384 e. The molecule has 0 fully saturated rings. The van der Waals surface area contributed by atoms with Crippen molar-refractivity contribution in [2.75, 3.05) is 5.73 Å². The summed E-state index contributed by atoms with van der Waals surface area (Å²) in [6.45, 7) is 0. The first-order valence-corrected chi connectivity index (χ1v) is 7.61. The van der Waals surface area contributed by atoms with Crippen LogP contribution in [0.1, 0.15) is 15.9 Å². The Morgan fingerprint density at radius 3 is 2.44 bits per heavy atom. The molecule has 2 N–H and O–H groups in total. The zero-order valence-electron chi connectivity index (χ0n) is 13.2. The average Bonchev–Trinajstić information content (AvgIpc) is 2.57. The number of nitrogen functional groups attached to an aromatic ring is 1. The molecule has 2 rings (SSSR count).